The molecular formula is C19H27FN2O2. The Kier molecular flexibility index (Phi) is 6.76. The van der Waals surface area contributed by atoms with Gasteiger partial charge in [-0.25, -0.2) is 4.39 Å². The van der Waals surface area contributed by atoms with Crippen LogP contribution in [0.15, 0.2) is 24.3 Å². The number of likely N-dealkylation sites (tertiary alicyclic amines) is 1. The molecular weight excluding hydrogens is 307 g/mol. The Labute approximate surface area is 143 Å². The van der Waals surface area contributed by atoms with E-state index in [1.165, 1.54) is 12.1 Å². The molecule has 132 valence electrons. The van der Waals surface area contributed by atoms with E-state index < -0.39 is 5.82 Å². The Morgan fingerprint density at radius 1 is 1.12 bits per heavy atom. The van der Waals surface area contributed by atoms with E-state index in [9.17, 15) is 14.0 Å². The molecule has 1 aliphatic rings. The van der Waals surface area contributed by atoms with Crippen LogP contribution in [0, 0.1) is 11.7 Å². The molecule has 0 spiro atoms. The van der Waals surface area contributed by atoms with Gasteiger partial charge >= 0.3 is 0 Å². The van der Waals surface area contributed by atoms with Gasteiger partial charge in [-0.05, 0) is 37.8 Å². The van der Waals surface area contributed by atoms with Crippen molar-refractivity contribution in [3.8, 4) is 0 Å². The second-order valence-electron chi connectivity index (χ2n) is 6.37. The summed E-state index contributed by atoms with van der Waals surface area (Å²) < 4.78 is 13.8. The van der Waals surface area contributed by atoms with Crippen LogP contribution in [0.3, 0.4) is 0 Å². The van der Waals surface area contributed by atoms with Gasteiger partial charge in [-0.2, -0.15) is 0 Å². The van der Waals surface area contributed by atoms with Crippen LogP contribution < -0.4 is 0 Å². The fourth-order valence-electron chi connectivity index (χ4n) is 3.26. The maximum atomic E-state index is 13.8. The summed E-state index contributed by atoms with van der Waals surface area (Å²) in [5, 5.41) is 0. The van der Waals surface area contributed by atoms with Gasteiger partial charge in [0.2, 0.25) is 5.91 Å². The molecule has 1 saturated heterocycles. The topological polar surface area (TPSA) is 40.6 Å². The smallest absolute Gasteiger partial charge is 0.256 e. The third kappa shape index (κ3) is 4.34. The van der Waals surface area contributed by atoms with Crippen LogP contribution in [0.1, 0.15) is 49.9 Å². The second kappa shape index (κ2) is 8.81. The van der Waals surface area contributed by atoms with E-state index in [1.807, 2.05) is 4.90 Å². The zero-order chi connectivity index (χ0) is 17.5. The summed E-state index contributed by atoms with van der Waals surface area (Å²) in [5.41, 5.74) is 0.112. The van der Waals surface area contributed by atoms with Gasteiger partial charge < -0.3 is 9.80 Å². The van der Waals surface area contributed by atoms with Crippen LogP contribution in [-0.4, -0.2) is 47.8 Å². The number of carbonyl (C=O) groups is 2. The molecule has 0 unspecified atom stereocenters. The summed E-state index contributed by atoms with van der Waals surface area (Å²) in [7, 11) is 0. The van der Waals surface area contributed by atoms with Crippen molar-refractivity contribution in [2.75, 3.05) is 26.2 Å². The molecule has 24 heavy (non-hydrogen) atoms. The molecule has 1 fully saturated rings. The summed E-state index contributed by atoms with van der Waals surface area (Å²) >= 11 is 0. The third-order valence-electron chi connectivity index (χ3n) is 4.53. The summed E-state index contributed by atoms with van der Waals surface area (Å²) in [4.78, 5) is 28.7. The average molecular weight is 334 g/mol. The van der Waals surface area contributed by atoms with Crippen molar-refractivity contribution in [1.82, 2.24) is 9.80 Å². The quantitative estimate of drug-likeness (QED) is 0.801. The van der Waals surface area contributed by atoms with Crippen molar-refractivity contribution >= 4 is 11.8 Å². The maximum Gasteiger partial charge on any atom is 0.256 e. The molecule has 0 saturated carbocycles. The molecule has 1 aromatic rings. The zero-order valence-electron chi connectivity index (χ0n) is 14.6. The molecule has 0 aromatic heterocycles. The number of nitrogens with zero attached hydrogens (tertiary/aromatic N) is 2. The van der Waals surface area contributed by atoms with Crippen molar-refractivity contribution in [3.63, 3.8) is 0 Å². The molecule has 0 radical (unpaired) electrons. The first-order chi connectivity index (χ1) is 11.6. The molecule has 2 amide bonds. The number of halogens is 1. The van der Waals surface area contributed by atoms with Gasteiger partial charge in [0.25, 0.3) is 5.91 Å². The van der Waals surface area contributed by atoms with E-state index in [-0.39, 0.29) is 23.3 Å². The summed E-state index contributed by atoms with van der Waals surface area (Å²) in [6, 6.07) is 6.06. The molecule has 0 aliphatic carbocycles. The minimum absolute atomic E-state index is 0.0206. The lowest BCUT2D eigenvalue weighted by molar-refractivity contribution is -0.137. The van der Waals surface area contributed by atoms with E-state index in [1.54, 1.807) is 17.0 Å². The monoisotopic (exact) mass is 334 g/mol. The van der Waals surface area contributed by atoms with Crippen LogP contribution in [-0.2, 0) is 4.79 Å². The normalized spacial score (nSPS) is 15.4. The van der Waals surface area contributed by atoms with Gasteiger partial charge in [0.1, 0.15) is 5.82 Å². The Bertz CT molecular complexity index is 562. The molecule has 0 N–H and O–H groups in total. The first-order valence-corrected chi connectivity index (χ1v) is 8.91. The summed E-state index contributed by atoms with van der Waals surface area (Å²) in [5.74, 6) is -0.583. The SMILES string of the molecule is CCCN(CCC)C(=O)C1CCN(C(=O)c2ccccc2F)CC1. The highest BCUT2D eigenvalue weighted by molar-refractivity contribution is 5.94. The minimum Gasteiger partial charge on any atom is -0.342 e. The molecule has 1 aliphatic heterocycles. The van der Waals surface area contributed by atoms with Crippen LogP contribution in [0.25, 0.3) is 0 Å². The van der Waals surface area contributed by atoms with Gasteiger partial charge in [-0.3, -0.25) is 9.59 Å². The van der Waals surface area contributed by atoms with E-state index >= 15 is 0 Å². The first-order valence-electron chi connectivity index (χ1n) is 8.91. The van der Waals surface area contributed by atoms with Gasteiger partial charge in [0, 0.05) is 32.1 Å². The number of piperidine rings is 1. The molecule has 5 heteroatoms. The van der Waals surface area contributed by atoms with Gasteiger partial charge in [0.05, 0.1) is 5.56 Å². The van der Waals surface area contributed by atoms with Crippen molar-refractivity contribution in [3.05, 3.63) is 35.6 Å². The number of rotatable bonds is 6. The number of hydrogen-bond acceptors (Lipinski definition) is 2. The summed E-state index contributed by atoms with van der Waals surface area (Å²) in [6.45, 7) is 6.75. The molecule has 0 bridgehead atoms. The molecule has 1 heterocycles. The lowest BCUT2D eigenvalue weighted by Gasteiger charge is -2.34. The number of carbonyl (C=O) groups excluding carboxylic acids is 2. The van der Waals surface area contributed by atoms with E-state index in [0.717, 1.165) is 25.9 Å². The number of amides is 2. The zero-order valence-corrected chi connectivity index (χ0v) is 14.6. The van der Waals surface area contributed by atoms with Crippen LogP contribution in [0.2, 0.25) is 0 Å². The summed E-state index contributed by atoms with van der Waals surface area (Å²) in [6.07, 6.45) is 3.22. The first kappa shape index (κ1) is 18.4. The highest BCUT2D eigenvalue weighted by Gasteiger charge is 2.30. The van der Waals surface area contributed by atoms with Crippen LogP contribution in [0.4, 0.5) is 4.39 Å². The predicted octanol–water partition coefficient (Wildman–Crippen LogP) is 3.33. The van der Waals surface area contributed by atoms with Crippen molar-refractivity contribution < 1.29 is 14.0 Å². The van der Waals surface area contributed by atoms with Gasteiger partial charge in [-0.1, -0.05) is 26.0 Å². The second-order valence-corrected chi connectivity index (χ2v) is 6.37. The van der Waals surface area contributed by atoms with E-state index in [2.05, 4.69) is 13.8 Å². The van der Waals surface area contributed by atoms with Crippen molar-refractivity contribution in [1.29, 1.82) is 0 Å². The van der Waals surface area contributed by atoms with Crippen LogP contribution >= 0.6 is 0 Å². The minimum atomic E-state index is -0.488. The number of hydrogen-bond donors (Lipinski definition) is 0. The largest absolute Gasteiger partial charge is 0.342 e. The highest BCUT2D eigenvalue weighted by Crippen LogP contribution is 2.22. The van der Waals surface area contributed by atoms with Crippen molar-refractivity contribution in [2.24, 2.45) is 5.92 Å². The molecule has 4 nitrogen and oxygen atoms in total. The predicted molar refractivity (Wildman–Crippen MR) is 92.2 cm³/mol. The van der Waals surface area contributed by atoms with Gasteiger partial charge in [-0.15, -0.1) is 0 Å². The van der Waals surface area contributed by atoms with E-state index in [4.69, 9.17) is 0 Å². The lowest BCUT2D eigenvalue weighted by atomic mass is 9.94. The third-order valence-corrected chi connectivity index (χ3v) is 4.53. The molecule has 2 rings (SSSR count). The van der Waals surface area contributed by atoms with Gasteiger partial charge in [0.15, 0.2) is 0 Å². The average Bonchev–Trinajstić information content (AvgIpc) is 2.61. The maximum absolute atomic E-state index is 13.8. The number of benzene rings is 1. The standard InChI is InChI=1S/C19H27FN2O2/c1-3-11-21(12-4-2)18(23)15-9-13-22(14-10-15)19(24)16-7-5-6-8-17(16)20/h5-8,15H,3-4,9-14H2,1-2H3. The molecule has 0 atom stereocenters. The van der Waals surface area contributed by atoms with E-state index in [0.29, 0.717) is 25.9 Å². The van der Waals surface area contributed by atoms with Crippen LogP contribution in [0.5, 0.6) is 0 Å². The lowest BCUT2D eigenvalue weighted by Crippen LogP contribution is -2.45. The van der Waals surface area contributed by atoms with Crippen molar-refractivity contribution in [2.45, 2.75) is 39.5 Å². The fraction of sp³-hybridized carbons (Fsp3) is 0.579. The highest BCUT2D eigenvalue weighted by atomic mass is 19.1. The Morgan fingerprint density at radius 3 is 2.25 bits per heavy atom. The fourth-order valence-corrected chi connectivity index (χ4v) is 3.26. The Hall–Kier alpha value is -1.91. The molecule has 1 aromatic carbocycles. The Balaban J connectivity index is 1.94. The Morgan fingerprint density at radius 2 is 1.71 bits per heavy atom.